The van der Waals surface area contributed by atoms with E-state index < -0.39 is 5.60 Å². The topological polar surface area (TPSA) is 62.4 Å². The van der Waals surface area contributed by atoms with Crippen LogP contribution in [0.3, 0.4) is 0 Å². The quantitative estimate of drug-likeness (QED) is 0.664. The van der Waals surface area contributed by atoms with Crippen molar-refractivity contribution in [1.29, 1.82) is 0 Å². The number of ether oxygens (including phenoxy) is 1. The normalized spacial score (nSPS) is 17.2. The largest absolute Gasteiger partial charge is 0.385 e. The van der Waals surface area contributed by atoms with Gasteiger partial charge >= 0.3 is 0 Å². The number of piperidine rings is 1. The summed E-state index contributed by atoms with van der Waals surface area (Å²) in [6, 6.07) is 10.1. The Morgan fingerprint density at radius 1 is 1.24 bits per heavy atom. The highest BCUT2D eigenvalue weighted by molar-refractivity contribution is 5.85. The van der Waals surface area contributed by atoms with E-state index in [1.54, 1.807) is 7.11 Å². The molecule has 21 heavy (non-hydrogen) atoms. The molecule has 0 unspecified atom stereocenters. The molecule has 5 nitrogen and oxygen atoms in total. The van der Waals surface area contributed by atoms with Gasteiger partial charge in [-0.05, 0) is 44.5 Å². The third-order valence-corrected chi connectivity index (χ3v) is 3.96. The van der Waals surface area contributed by atoms with Crippen LogP contribution in [0.15, 0.2) is 30.3 Å². The number of nitrogens with one attached hydrogen (secondary N) is 3. The summed E-state index contributed by atoms with van der Waals surface area (Å²) in [5.41, 5.74) is 0.466. The molecular weight excluding hydrogens is 266 g/mol. The van der Waals surface area contributed by atoms with Crippen molar-refractivity contribution in [3.8, 4) is 0 Å². The second-order valence-electron chi connectivity index (χ2n) is 5.35. The van der Waals surface area contributed by atoms with Gasteiger partial charge in [0.15, 0.2) is 0 Å². The van der Waals surface area contributed by atoms with Crippen molar-refractivity contribution in [2.24, 2.45) is 0 Å². The third-order valence-electron chi connectivity index (χ3n) is 3.96. The van der Waals surface area contributed by atoms with Gasteiger partial charge in [0.2, 0.25) is 0 Å². The van der Waals surface area contributed by atoms with Gasteiger partial charge in [-0.25, -0.2) is 0 Å². The molecule has 0 aromatic heterocycles. The summed E-state index contributed by atoms with van der Waals surface area (Å²) in [7, 11) is 1.63. The van der Waals surface area contributed by atoms with E-state index in [1.165, 1.54) is 0 Å². The fourth-order valence-electron chi connectivity index (χ4n) is 2.59. The summed E-state index contributed by atoms with van der Waals surface area (Å²) in [5.74, 6) is 0.0196. The van der Waals surface area contributed by atoms with Gasteiger partial charge in [-0.1, -0.05) is 18.2 Å². The molecule has 0 radical (unpaired) electrons. The Hall–Kier alpha value is -1.59. The summed E-state index contributed by atoms with van der Waals surface area (Å²) in [6.45, 7) is 3.16. The Morgan fingerprint density at radius 3 is 2.62 bits per heavy atom. The first-order valence-electron chi connectivity index (χ1n) is 7.60. The molecule has 116 valence electrons. The maximum Gasteiger partial charge on any atom is 0.252 e. The molecule has 1 fully saturated rings. The second kappa shape index (κ2) is 8.00. The van der Waals surface area contributed by atoms with E-state index in [4.69, 9.17) is 4.74 Å². The number of rotatable bonds is 7. The number of carbonyl (C=O) groups is 1. The first-order chi connectivity index (χ1) is 10.3. The molecule has 0 atom stereocenters. The van der Waals surface area contributed by atoms with Gasteiger partial charge in [0.25, 0.3) is 5.91 Å². The minimum atomic E-state index is -0.641. The van der Waals surface area contributed by atoms with E-state index in [0.29, 0.717) is 6.54 Å². The Kier molecular flexibility index (Phi) is 6.02. The van der Waals surface area contributed by atoms with Gasteiger partial charge in [-0.3, -0.25) is 4.79 Å². The number of hydrogen-bond donors (Lipinski definition) is 3. The lowest BCUT2D eigenvalue weighted by molar-refractivity contribution is -0.146. The summed E-state index contributed by atoms with van der Waals surface area (Å²) in [4.78, 5) is 12.3. The van der Waals surface area contributed by atoms with Crippen molar-refractivity contribution < 1.29 is 9.53 Å². The first kappa shape index (κ1) is 15.8. The maximum atomic E-state index is 12.3. The summed E-state index contributed by atoms with van der Waals surface area (Å²) < 4.78 is 5.50. The molecule has 1 amide bonds. The highest BCUT2D eigenvalue weighted by atomic mass is 16.5. The first-order valence-corrected chi connectivity index (χ1v) is 7.60. The highest BCUT2D eigenvalue weighted by Crippen LogP contribution is 2.22. The molecule has 0 bridgehead atoms. The van der Waals surface area contributed by atoms with Gasteiger partial charge in [-0.2, -0.15) is 0 Å². The molecule has 1 aliphatic rings. The van der Waals surface area contributed by atoms with Crippen molar-refractivity contribution in [3.63, 3.8) is 0 Å². The fourth-order valence-corrected chi connectivity index (χ4v) is 2.59. The average Bonchev–Trinajstić information content (AvgIpc) is 2.56. The van der Waals surface area contributed by atoms with E-state index in [9.17, 15) is 4.79 Å². The van der Waals surface area contributed by atoms with E-state index in [0.717, 1.165) is 44.6 Å². The Labute approximate surface area is 126 Å². The third kappa shape index (κ3) is 4.44. The van der Waals surface area contributed by atoms with Gasteiger partial charge in [0.1, 0.15) is 5.60 Å². The number of carbonyl (C=O) groups excluding carboxylic acids is 1. The predicted octanol–water partition coefficient (Wildman–Crippen LogP) is 1.37. The van der Waals surface area contributed by atoms with Gasteiger partial charge < -0.3 is 20.7 Å². The summed E-state index contributed by atoms with van der Waals surface area (Å²) in [5, 5.41) is 9.58. The molecule has 3 N–H and O–H groups in total. The zero-order valence-electron chi connectivity index (χ0n) is 12.7. The van der Waals surface area contributed by atoms with Crippen molar-refractivity contribution in [1.82, 2.24) is 10.6 Å². The zero-order chi connectivity index (χ0) is 15.0. The molecule has 1 saturated heterocycles. The van der Waals surface area contributed by atoms with Crippen LogP contribution in [0.5, 0.6) is 0 Å². The Balaban J connectivity index is 1.67. The predicted molar refractivity (Wildman–Crippen MR) is 84.4 cm³/mol. The monoisotopic (exact) mass is 291 g/mol. The average molecular weight is 291 g/mol. The minimum absolute atomic E-state index is 0.0196. The second-order valence-corrected chi connectivity index (χ2v) is 5.35. The van der Waals surface area contributed by atoms with Crippen LogP contribution in [0.2, 0.25) is 0 Å². The smallest absolute Gasteiger partial charge is 0.252 e. The number of hydrogen-bond acceptors (Lipinski definition) is 4. The fraction of sp³-hybridized carbons (Fsp3) is 0.562. The van der Waals surface area contributed by atoms with E-state index >= 15 is 0 Å². The van der Waals surface area contributed by atoms with Crippen LogP contribution in [0.25, 0.3) is 0 Å². The van der Waals surface area contributed by atoms with Gasteiger partial charge in [-0.15, -0.1) is 0 Å². The molecular formula is C16H25N3O2. The lowest BCUT2D eigenvalue weighted by Gasteiger charge is -2.34. The standard InChI is InChI=1S/C16H25N3O2/c1-21-16(8-12-17-13-9-16)15(20)19-11-5-10-18-14-6-3-2-4-7-14/h2-4,6-7,17-18H,5,8-13H2,1H3,(H,19,20). The van der Waals surface area contributed by atoms with Gasteiger partial charge in [0.05, 0.1) is 0 Å². The molecule has 0 saturated carbocycles. The minimum Gasteiger partial charge on any atom is -0.385 e. The van der Waals surface area contributed by atoms with Crippen LogP contribution in [-0.4, -0.2) is 44.8 Å². The van der Waals surface area contributed by atoms with Crippen LogP contribution < -0.4 is 16.0 Å². The van der Waals surface area contributed by atoms with Crippen LogP contribution in [0.4, 0.5) is 5.69 Å². The molecule has 0 spiro atoms. The van der Waals surface area contributed by atoms with Crippen molar-refractivity contribution in [2.75, 3.05) is 38.6 Å². The molecule has 1 aromatic rings. The summed E-state index contributed by atoms with van der Waals surface area (Å²) >= 11 is 0. The highest BCUT2D eigenvalue weighted by Gasteiger charge is 2.39. The van der Waals surface area contributed by atoms with E-state index in [-0.39, 0.29) is 5.91 Å². The molecule has 1 heterocycles. The molecule has 5 heteroatoms. The number of methoxy groups -OCH3 is 1. The summed E-state index contributed by atoms with van der Waals surface area (Å²) in [6.07, 6.45) is 2.36. The molecule has 1 aliphatic heterocycles. The Bertz CT molecular complexity index is 430. The van der Waals surface area contributed by atoms with Crippen LogP contribution in [0.1, 0.15) is 19.3 Å². The van der Waals surface area contributed by atoms with Crippen molar-refractivity contribution in [2.45, 2.75) is 24.9 Å². The van der Waals surface area contributed by atoms with E-state index in [1.807, 2.05) is 30.3 Å². The van der Waals surface area contributed by atoms with Crippen LogP contribution in [-0.2, 0) is 9.53 Å². The molecule has 2 rings (SSSR count). The maximum absolute atomic E-state index is 12.3. The Morgan fingerprint density at radius 2 is 1.95 bits per heavy atom. The van der Waals surface area contributed by atoms with Crippen LogP contribution >= 0.6 is 0 Å². The number of anilines is 1. The molecule has 1 aromatic carbocycles. The number of benzene rings is 1. The zero-order valence-corrected chi connectivity index (χ0v) is 12.7. The molecule has 0 aliphatic carbocycles. The van der Waals surface area contributed by atoms with E-state index in [2.05, 4.69) is 16.0 Å². The lowest BCUT2D eigenvalue weighted by Crippen LogP contribution is -2.54. The van der Waals surface area contributed by atoms with Crippen molar-refractivity contribution in [3.05, 3.63) is 30.3 Å². The number of para-hydroxylation sites is 1. The van der Waals surface area contributed by atoms with Crippen LogP contribution in [0, 0.1) is 0 Å². The van der Waals surface area contributed by atoms with Crippen molar-refractivity contribution >= 4 is 11.6 Å². The lowest BCUT2D eigenvalue weighted by atomic mass is 9.91. The number of amides is 1. The van der Waals surface area contributed by atoms with Gasteiger partial charge in [0, 0.05) is 25.9 Å². The SMILES string of the molecule is COC1(C(=O)NCCCNc2ccccc2)CCNCC1.